The zero-order valence-electron chi connectivity index (χ0n) is 20.5. The number of aryl methyl sites for hydroxylation is 1. The summed E-state index contributed by atoms with van der Waals surface area (Å²) in [6.45, 7) is 2.01. The van der Waals surface area contributed by atoms with Crippen LogP contribution in [-0.2, 0) is 21.6 Å². The Labute approximate surface area is 212 Å². The van der Waals surface area contributed by atoms with Crippen LogP contribution in [0.1, 0.15) is 37.5 Å². The second kappa shape index (κ2) is 9.05. The summed E-state index contributed by atoms with van der Waals surface area (Å²) in [4.78, 5) is 56.6. The van der Waals surface area contributed by atoms with Crippen molar-refractivity contribution >= 4 is 23.8 Å². The number of nitrogens with zero attached hydrogens (tertiary/aromatic N) is 2. The molecular weight excluding hydrogens is 476 g/mol. The summed E-state index contributed by atoms with van der Waals surface area (Å²) < 4.78 is 10.1. The summed E-state index contributed by atoms with van der Waals surface area (Å²) in [6, 6.07) is 14.8. The largest absolute Gasteiger partial charge is 0.497 e. The average Bonchev–Trinajstić information content (AvgIpc) is 3.37. The Morgan fingerprint density at radius 3 is 2.46 bits per heavy atom. The van der Waals surface area contributed by atoms with Gasteiger partial charge in [0.2, 0.25) is 0 Å². The molecule has 37 heavy (non-hydrogen) atoms. The van der Waals surface area contributed by atoms with Crippen molar-refractivity contribution in [3.63, 3.8) is 0 Å². The Morgan fingerprint density at radius 1 is 1.05 bits per heavy atom. The third kappa shape index (κ3) is 4.16. The normalized spacial score (nSPS) is 18.4. The standard InChI is InChI=1S/C27H24N4O6/c1-15-10-18(24(33)37-3)11-22(28-15)16-4-7-19(8-5-16)27(25(34)29-26(35)30-27)14-31-13-17-6-9-20(36-2)12-21(17)23(31)32/h4-12H,13-14H2,1-3H3,(H2,29,30,34,35)/t27-/m0/s1. The van der Waals surface area contributed by atoms with Crippen molar-refractivity contribution in [2.24, 2.45) is 0 Å². The van der Waals surface area contributed by atoms with Crippen LogP contribution in [0.25, 0.3) is 11.3 Å². The van der Waals surface area contributed by atoms with Gasteiger partial charge in [-0.1, -0.05) is 30.3 Å². The number of amides is 4. The first-order valence-corrected chi connectivity index (χ1v) is 11.5. The van der Waals surface area contributed by atoms with Crippen LogP contribution in [0.4, 0.5) is 4.79 Å². The highest BCUT2D eigenvalue weighted by Gasteiger charge is 2.50. The molecule has 0 spiro atoms. The predicted octanol–water partition coefficient (Wildman–Crippen LogP) is 2.54. The Bertz CT molecular complexity index is 1450. The number of pyridine rings is 1. The molecule has 10 nitrogen and oxygen atoms in total. The van der Waals surface area contributed by atoms with Crippen molar-refractivity contribution in [1.29, 1.82) is 0 Å². The average molecular weight is 501 g/mol. The Balaban J connectivity index is 1.47. The maximum Gasteiger partial charge on any atom is 0.337 e. The van der Waals surface area contributed by atoms with Crippen LogP contribution < -0.4 is 15.4 Å². The van der Waals surface area contributed by atoms with Gasteiger partial charge in [-0.15, -0.1) is 0 Å². The zero-order valence-corrected chi connectivity index (χ0v) is 20.5. The third-order valence-electron chi connectivity index (χ3n) is 6.61. The number of hydrogen-bond acceptors (Lipinski definition) is 7. The number of hydrogen-bond donors (Lipinski definition) is 2. The van der Waals surface area contributed by atoms with Crippen LogP contribution in [0.3, 0.4) is 0 Å². The molecule has 0 aliphatic carbocycles. The maximum atomic E-state index is 13.2. The molecule has 0 unspecified atom stereocenters. The van der Waals surface area contributed by atoms with E-state index in [1.165, 1.54) is 19.1 Å². The fourth-order valence-corrected chi connectivity index (χ4v) is 4.76. The molecule has 5 rings (SSSR count). The van der Waals surface area contributed by atoms with Crippen LogP contribution in [0.5, 0.6) is 5.75 Å². The molecule has 2 N–H and O–H groups in total. The summed E-state index contributed by atoms with van der Waals surface area (Å²) >= 11 is 0. The monoisotopic (exact) mass is 500 g/mol. The third-order valence-corrected chi connectivity index (χ3v) is 6.61. The van der Waals surface area contributed by atoms with Crippen molar-refractivity contribution in [3.05, 3.63) is 82.5 Å². The summed E-state index contributed by atoms with van der Waals surface area (Å²) in [7, 11) is 2.84. The summed E-state index contributed by atoms with van der Waals surface area (Å²) in [6.07, 6.45) is 0. The number of benzene rings is 2. The van der Waals surface area contributed by atoms with E-state index in [1.54, 1.807) is 55.5 Å². The minimum absolute atomic E-state index is 0.0606. The van der Waals surface area contributed by atoms with E-state index in [2.05, 4.69) is 15.6 Å². The lowest BCUT2D eigenvalue weighted by atomic mass is 9.88. The van der Waals surface area contributed by atoms with E-state index in [0.29, 0.717) is 45.9 Å². The Hall–Kier alpha value is -4.73. The highest BCUT2D eigenvalue weighted by Crippen LogP contribution is 2.33. The van der Waals surface area contributed by atoms with E-state index in [0.717, 1.165) is 5.56 Å². The predicted molar refractivity (Wildman–Crippen MR) is 132 cm³/mol. The van der Waals surface area contributed by atoms with E-state index in [-0.39, 0.29) is 12.5 Å². The van der Waals surface area contributed by atoms with E-state index >= 15 is 0 Å². The number of nitrogens with one attached hydrogen (secondary N) is 2. The van der Waals surface area contributed by atoms with E-state index < -0.39 is 23.4 Å². The first kappa shape index (κ1) is 24.0. The molecule has 10 heteroatoms. The van der Waals surface area contributed by atoms with Crippen LogP contribution in [0.2, 0.25) is 0 Å². The second-order valence-electron chi connectivity index (χ2n) is 8.95. The highest BCUT2D eigenvalue weighted by atomic mass is 16.5. The molecule has 188 valence electrons. The topological polar surface area (TPSA) is 127 Å². The molecule has 2 aliphatic rings. The molecule has 1 aromatic heterocycles. The van der Waals surface area contributed by atoms with Gasteiger partial charge in [0.1, 0.15) is 5.75 Å². The van der Waals surface area contributed by atoms with Gasteiger partial charge in [-0.2, -0.15) is 0 Å². The molecule has 4 amide bonds. The number of carbonyl (C=O) groups excluding carboxylic acids is 4. The lowest BCUT2D eigenvalue weighted by Gasteiger charge is -2.31. The van der Waals surface area contributed by atoms with Crippen LogP contribution in [0, 0.1) is 6.92 Å². The lowest BCUT2D eigenvalue weighted by molar-refractivity contribution is -0.124. The Kier molecular flexibility index (Phi) is 5.87. The number of carbonyl (C=O) groups is 4. The van der Waals surface area contributed by atoms with Crippen molar-refractivity contribution in [2.45, 2.75) is 19.0 Å². The second-order valence-corrected chi connectivity index (χ2v) is 8.95. The van der Waals surface area contributed by atoms with Crippen molar-refractivity contribution in [3.8, 4) is 17.0 Å². The fourth-order valence-electron chi connectivity index (χ4n) is 4.76. The van der Waals surface area contributed by atoms with E-state index in [4.69, 9.17) is 9.47 Å². The summed E-state index contributed by atoms with van der Waals surface area (Å²) in [5, 5.41) is 5.04. The van der Waals surface area contributed by atoms with Gasteiger partial charge < -0.3 is 19.7 Å². The van der Waals surface area contributed by atoms with Crippen LogP contribution in [-0.4, -0.2) is 54.5 Å². The van der Waals surface area contributed by atoms with Gasteiger partial charge in [-0.25, -0.2) is 9.59 Å². The molecule has 1 saturated heterocycles. The molecular formula is C27H24N4O6. The minimum atomic E-state index is -1.48. The molecule has 1 fully saturated rings. The first-order valence-electron chi connectivity index (χ1n) is 11.5. The van der Waals surface area contributed by atoms with Crippen LogP contribution in [0.15, 0.2) is 54.6 Å². The number of aromatic nitrogens is 1. The number of imide groups is 1. The smallest absolute Gasteiger partial charge is 0.337 e. The summed E-state index contributed by atoms with van der Waals surface area (Å²) in [5.74, 6) is -0.709. The number of esters is 1. The van der Waals surface area contributed by atoms with Crippen molar-refractivity contribution in [2.75, 3.05) is 20.8 Å². The van der Waals surface area contributed by atoms with Crippen LogP contribution >= 0.6 is 0 Å². The highest BCUT2D eigenvalue weighted by molar-refractivity contribution is 6.08. The SMILES string of the molecule is COC(=O)c1cc(C)nc(-c2ccc([C@]3(CN4Cc5ccc(OC)cc5C4=O)NC(=O)NC3=O)cc2)c1. The van der Waals surface area contributed by atoms with E-state index in [9.17, 15) is 19.2 Å². The van der Waals surface area contributed by atoms with Gasteiger partial charge in [0.05, 0.1) is 32.0 Å². The number of fused-ring (bicyclic) bond motifs is 1. The van der Waals surface area contributed by atoms with Crippen molar-refractivity contribution < 1.29 is 28.7 Å². The number of rotatable bonds is 6. The van der Waals surface area contributed by atoms with Gasteiger partial charge in [0.25, 0.3) is 11.8 Å². The quantitative estimate of drug-likeness (QED) is 0.393. The number of urea groups is 1. The van der Waals surface area contributed by atoms with Gasteiger partial charge in [-0.05, 0) is 42.3 Å². The molecule has 1 atom stereocenters. The lowest BCUT2D eigenvalue weighted by Crippen LogP contribution is -2.52. The van der Waals surface area contributed by atoms with Gasteiger partial charge in [0, 0.05) is 23.4 Å². The van der Waals surface area contributed by atoms with Crippen molar-refractivity contribution in [1.82, 2.24) is 20.5 Å². The molecule has 3 heterocycles. The number of ether oxygens (including phenoxy) is 2. The molecule has 0 saturated carbocycles. The minimum Gasteiger partial charge on any atom is -0.497 e. The van der Waals surface area contributed by atoms with Gasteiger partial charge in [-0.3, -0.25) is 19.9 Å². The molecule has 2 aliphatic heterocycles. The number of methoxy groups -OCH3 is 2. The summed E-state index contributed by atoms with van der Waals surface area (Å²) in [5.41, 5.74) is 2.61. The van der Waals surface area contributed by atoms with E-state index in [1.807, 2.05) is 6.07 Å². The van der Waals surface area contributed by atoms with Gasteiger partial charge >= 0.3 is 12.0 Å². The molecule has 3 aromatic rings. The maximum absolute atomic E-state index is 13.2. The zero-order chi connectivity index (χ0) is 26.3. The molecule has 0 radical (unpaired) electrons. The fraction of sp³-hybridized carbons (Fsp3) is 0.222. The first-order chi connectivity index (χ1) is 17.7. The van der Waals surface area contributed by atoms with Gasteiger partial charge in [0.15, 0.2) is 5.54 Å². The molecule has 0 bridgehead atoms. The Morgan fingerprint density at radius 2 is 1.81 bits per heavy atom. The molecule has 2 aromatic carbocycles.